The van der Waals surface area contributed by atoms with E-state index >= 15 is 0 Å². The second-order valence-electron chi connectivity index (χ2n) is 6.05. The SMILES string of the molecule is CCOC(=O)c1ccc(NC(=O)/C(C#N)=C\NCCc2ccccc2C)cc1. The first-order valence-corrected chi connectivity index (χ1v) is 9.01. The van der Waals surface area contributed by atoms with Gasteiger partial charge in [-0.05, 0) is 55.7 Å². The van der Waals surface area contributed by atoms with Crippen LogP contribution in [0.3, 0.4) is 0 Å². The summed E-state index contributed by atoms with van der Waals surface area (Å²) in [7, 11) is 0. The van der Waals surface area contributed by atoms with Crippen molar-refractivity contribution in [2.75, 3.05) is 18.5 Å². The van der Waals surface area contributed by atoms with Gasteiger partial charge in [0.2, 0.25) is 0 Å². The van der Waals surface area contributed by atoms with E-state index in [1.54, 1.807) is 31.2 Å². The van der Waals surface area contributed by atoms with Crippen LogP contribution in [0.25, 0.3) is 0 Å². The van der Waals surface area contributed by atoms with Crippen LogP contribution >= 0.6 is 0 Å². The number of rotatable bonds is 8. The molecule has 6 heteroatoms. The molecule has 0 aromatic heterocycles. The molecule has 2 N–H and O–H groups in total. The molecule has 2 rings (SSSR count). The summed E-state index contributed by atoms with van der Waals surface area (Å²) in [4.78, 5) is 23.9. The van der Waals surface area contributed by atoms with Crippen LogP contribution in [0.4, 0.5) is 5.69 Å². The van der Waals surface area contributed by atoms with Gasteiger partial charge in [-0.25, -0.2) is 4.79 Å². The number of nitrogens with one attached hydrogen (secondary N) is 2. The van der Waals surface area contributed by atoms with E-state index in [2.05, 4.69) is 16.7 Å². The van der Waals surface area contributed by atoms with Crippen molar-refractivity contribution in [1.29, 1.82) is 5.26 Å². The van der Waals surface area contributed by atoms with Crippen LogP contribution in [0.2, 0.25) is 0 Å². The minimum Gasteiger partial charge on any atom is -0.462 e. The number of nitrogens with zero attached hydrogens (tertiary/aromatic N) is 1. The molecule has 144 valence electrons. The molecule has 0 aliphatic carbocycles. The van der Waals surface area contributed by atoms with Gasteiger partial charge in [-0.1, -0.05) is 24.3 Å². The molecule has 0 spiro atoms. The number of ether oxygens (including phenoxy) is 1. The number of hydrogen-bond acceptors (Lipinski definition) is 5. The molecule has 0 aliphatic heterocycles. The third-order valence-electron chi connectivity index (χ3n) is 4.07. The third-order valence-corrected chi connectivity index (χ3v) is 4.07. The molecule has 0 unspecified atom stereocenters. The van der Waals surface area contributed by atoms with E-state index in [0.29, 0.717) is 24.4 Å². The summed E-state index contributed by atoms with van der Waals surface area (Å²) >= 11 is 0. The number of aryl methyl sites for hydroxylation is 1. The van der Waals surface area contributed by atoms with E-state index in [0.717, 1.165) is 6.42 Å². The molecule has 2 aromatic carbocycles. The number of carbonyl (C=O) groups is 2. The lowest BCUT2D eigenvalue weighted by Crippen LogP contribution is -2.18. The molecule has 0 atom stereocenters. The molecule has 6 nitrogen and oxygen atoms in total. The normalized spacial score (nSPS) is 10.7. The topological polar surface area (TPSA) is 91.2 Å². The first-order chi connectivity index (χ1) is 13.5. The molecule has 28 heavy (non-hydrogen) atoms. The quantitative estimate of drug-likeness (QED) is 0.319. The monoisotopic (exact) mass is 377 g/mol. The Morgan fingerprint density at radius 1 is 1.14 bits per heavy atom. The van der Waals surface area contributed by atoms with Crippen LogP contribution in [-0.4, -0.2) is 25.0 Å². The predicted octanol–water partition coefficient (Wildman–Crippen LogP) is 3.35. The summed E-state index contributed by atoms with van der Waals surface area (Å²) < 4.78 is 4.91. The maximum atomic E-state index is 12.2. The maximum absolute atomic E-state index is 12.2. The Hall–Kier alpha value is -3.59. The zero-order valence-electron chi connectivity index (χ0n) is 16.0. The molecule has 1 amide bonds. The summed E-state index contributed by atoms with van der Waals surface area (Å²) in [5.41, 5.74) is 3.28. The maximum Gasteiger partial charge on any atom is 0.338 e. The Kier molecular flexibility index (Phi) is 7.79. The number of carbonyl (C=O) groups excluding carboxylic acids is 2. The number of benzene rings is 2. The van der Waals surface area contributed by atoms with E-state index in [-0.39, 0.29) is 5.57 Å². The largest absolute Gasteiger partial charge is 0.462 e. The average molecular weight is 377 g/mol. The Morgan fingerprint density at radius 2 is 1.86 bits per heavy atom. The fourth-order valence-corrected chi connectivity index (χ4v) is 2.52. The molecule has 0 fully saturated rings. The number of nitriles is 1. The average Bonchev–Trinajstić information content (AvgIpc) is 2.70. The zero-order valence-corrected chi connectivity index (χ0v) is 16.0. The van der Waals surface area contributed by atoms with E-state index in [9.17, 15) is 14.9 Å². The first-order valence-electron chi connectivity index (χ1n) is 9.01. The van der Waals surface area contributed by atoms with Gasteiger partial charge in [0.1, 0.15) is 11.6 Å². The molecule has 0 saturated heterocycles. The number of esters is 1. The zero-order chi connectivity index (χ0) is 20.4. The number of hydrogen-bond donors (Lipinski definition) is 2. The van der Waals surface area contributed by atoms with E-state index < -0.39 is 11.9 Å². The highest BCUT2D eigenvalue weighted by Gasteiger charge is 2.10. The van der Waals surface area contributed by atoms with Crippen molar-refractivity contribution in [2.24, 2.45) is 0 Å². The van der Waals surface area contributed by atoms with E-state index in [4.69, 9.17) is 4.74 Å². The van der Waals surface area contributed by atoms with Crippen LogP contribution in [0.15, 0.2) is 60.3 Å². The van der Waals surface area contributed by atoms with Gasteiger partial charge in [0.25, 0.3) is 5.91 Å². The fourth-order valence-electron chi connectivity index (χ4n) is 2.52. The summed E-state index contributed by atoms with van der Waals surface area (Å²) in [6.45, 7) is 4.69. The smallest absolute Gasteiger partial charge is 0.338 e. The van der Waals surface area contributed by atoms with Crippen molar-refractivity contribution < 1.29 is 14.3 Å². The summed E-state index contributed by atoms with van der Waals surface area (Å²) in [5, 5.41) is 14.9. The standard InChI is InChI=1S/C22H23N3O3/c1-3-28-22(27)18-8-10-20(11-9-18)25-21(26)19(14-23)15-24-13-12-17-7-5-4-6-16(17)2/h4-11,15,24H,3,12-13H2,1-2H3,(H,25,26)/b19-15-. The lowest BCUT2D eigenvalue weighted by atomic mass is 10.1. The van der Waals surface area contributed by atoms with Gasteiger partial charge in [0.05, 0.1) is 12.2 Å². The third kappa shape index (κ3) is 5.99. The highest BCUT2D eigenvalue weighted by atomic mass is 16.5. The Balaban J connectivity index is 1.90. The summed E-state index contributed by atoms with van der Waals surface area (Å²) in [6.07, 6.45) is 2.21. The Bertz CT molecular complexity index is 896. The molecule has 0 aliphatic rings. The lowest BCUT2D eigenvalue weighted by Gasteiger charge is -2.07. The van der Waals surface area contributed by atoms with Crippen molar-refractivity contribution >= 4 is 17.6 Å². The van der Waals surface area contributed by atoms with Crippen molar-refractivity contribution in [1.82, 2.24) is 5.32 Å². The summed E-state index contributed by atoms with van der Waals surface area (Å²) in [6, 6.07) is 16.3. The molecule has 0 radical (unpaired) electrons. The molecular weight excluding hydrogens is 354 g/mol. The van der Waals surface area contributed by atoms with Crippen LogP contribution in [0, 0.1) is 18.3 Å². The van der Waals surface area contributed by atoms with Gasteiger partial charge in [0.15, 0.2) is 0 Å². The van der Waals surface area contributed by atoms with Gasteiger partial charge in [-0.3, -0.25) is 4.79 Å². The van der Waals surface area contributed by atoms with Crippen molar-refractivity contribution in [2.45, 2.75) is 20.3 Å². The predicted molar refractivity (Wildman–Crippen MR) is 108 cm³/mol. The number of amides is 1. The molecule has 2 aromatic rings. The fraction of sp³-hybridized carbons (Fsp3) is 0.227. The second-order valence-corrected chi connectivity index (χ2v) is 6.05. The number of anilines is 1. The van der Waals surface area contributed by atoms with Gasteiger partial charge in [0, 0.05) is 18.4 Å². The van der Waals surface area contributed by atoms with Crippen LogP contribution in [0.5, 0.6) is 0 Å². The lowest BCUT2D eigenvalue weighted by molar-refractivity contribution is -0.112. The van der Waals surface area contributed by atoms with Crippen LogP contribution in [0.1, 0.15) is 28.4 Å². The van der Waals surface area contributed by atoms with Crippen molar-refractivity contribution in [3.8, 4) is 6.07 Å². The highest BCUT2D eigenvalue weighted by molar-refractivity contribution is 6.06. The minimum atomic E-state index is -0.519. The first kappa shape index (κ1) is 20.7. The van der Waals surface area contributed by atoms with Gasteiger partial charge >= 0.3 is 5.97 Å². The van der Waals surface area contributed by atoms with E-state index in [1.807, 2.05) is 31.2 Å². The molecule has 0 heterocycles. The highest BCUT2D eigenvalue weighted by Crippen LogP contribution is 2.12. The molecular formula is C22H23N3O3. The minimum absolute atomic E-state index is 0.0285. The van der Waals surface area contributed by atoms with Crippen molar-refractivity contribution in [3.05, 3.63) is 77.0 Å². The Labute approximate surface area is 164 Å². The van der Waals surface area contributed by atoms with Gasteiger partial charge in [-0.15, -0.1) is 0 Å². The Morgan fingerprint density at radius 3 is 2.50 bits per heavy atom. The van der Waals surface area contributed by atoms with Crippen LogP contribution in [-0.2, 0) is 16.0 Å². The van der Waals surface area contributed by atoms with Crippen LogP contribution < -0.4 is 10.6 Å². The molecule has 0 bridgehead atoms. The summed E-state index contributed by atoms with van der Waals surface area (Å²) in [5.74, 6) is -0.939. The van der Waals surface area contributed by atoms with Crippen molar-refractivity contribution in [3.63, 3.8) is 0 Å². The van der Waals surface area contributed by atoms with Gasteiger partial charge in [-0.2, -0.15) is 5.26 Å². The second kappa shape index (κ2) is 10.5. The molecule has 0 saturated carbocycles. The van der Waals surface area contributed by atoms with Gasteiger partial charge < -0.3 is 15.4 Å². The van der Waals surface area contributed by atoms with E-state index in [1.165, 1.54) is 17.3 Å².